The molecule has 2 rings (SSSR count). The van der Waals surface area contributed by atoms with Gasteiger partial charge >= 0.3 is 0 Å². The molecule has 13 heavy (non-hydrogen) atoms. The largest absolute Gasteiger partial charge is 0.348 e. The molecule has 1 saturated carbocycles. The lowest BCUT2D eigenvalue weighted by atomic mass is 9.86. The predicted molar refractivity (Wildman–Crippen MR) is 53.6 cm³/mol. The van der Waals surface area contributed by atoms with E-state index in [0.717, 1.165) is 32.0 Å². The Morgan fingerprint density at radius 1 is 1.00 bits per heavy atom. The van der Waals surface area contributed by atoms with Gasteiger partial charge in [-0.2, -0.15) is 0 Å². The third-order valence-electron chi connectivity index (χ3n) is 2.85. The van der Waals surface area contributed by atoms with Crippen LogP contribution >= 0.6 is 0 Å². The van der Waals surface area contributed by atoms with E-state index in [4.69, 9.17) is 9.47 Å². The fourth-order valence-corrected chi connectivity index (χ4v) is 1.99. The fraction of sp³-hybridized carbons (Fsp3) is 1.00. The first-order valence-electron chi connectivity index (χ1n) is 5.59. The molecule has 1 saturated heterocycles. The van der Waals surface area contributed by atoms with Gasteiger partial charge in [-0.05, 0) is 18.8 Å². The topological polar surface area (TPSA) is 18.5 Å². The number of ether oxygens (including phenoxy) is 2. The van der Waals surface area contributed by atoms with Gasteiger partial charge in [-0.3, -0.25) is 0 Å². The Hall–Kier alpha value is -0.0800. The van der Waals surface area contributed by atoms with E-state index in [0.29, 0.717) is 0 Å². The van der Waals surface area contributed by atoms with Crippen molar-refractivity contribution in [3.05, 3.63) is 0 Å². The summed E-state index contributed by atoms with van der Waals surface area (Å²) in [5.74, 6) is 0.723. The average molecular weight is 186 g/mol. The van der Waals surface area contributed by atoms with Gasteiger partial charge < -0.3 is 9.47 Å². The van der Waals surface area contributed by atoms with Gasteiger partial charge in [0.2, 0.25) is 0 Å². The molecule has 0 unspecified atom stereocenters. The van der Waals surface area contributed by atoms with E-state index in [-0.39, 0.29) is 5.79 Å². The van der Waals surface area contributed by atoms with Gasteiger partial charge in [-0.25, -0.2) is 0 Å². The maximum Gasteiger partial charge on any atom is 0.168 e. The highest BCUT2D eigenvalue weighted by Gasteiger charge is 2.39. The van der Waals surface area contributed by atoms with Crippen molar-refractivity contribution in [2.24, 2.45) is 5.92 Å². The monoisotopic (exact) mass is 186 g/mol. The number of rotatable bonds is 0. The van der Waals surface area contributed by atoms with Crippen LogP contribution in [0.25, 0.3) is 0 Å². The molecule has 1 heterocycles. The quantitative estimate of drug-likeness (QED) is 0.579. The fourth-order valence-electron chi connectivity index (χ4n) is 1.99. The van der Waals surface area contributed by atoms with E-state index in [1.54, 1.807) is 0 Å². The molecular formula is C11H22O2. The van der Waals surface area contributed by atoms with Crippen molar-refractivity contribution in [3.8, 4) is 0 Å². The van der Waals surface area contributed by atoms with Gasteiger partial charge in [0.25, 0.3) is 0 Å². The van der Waals surface area contributed by atoms with Gasteiger partial charge in [0.15, 0.2) is 5.79 Å². The van der Waals surface area contributed by atoms with Crippen LogP contribution in [-0.2, 0) is 9.47 Å². The second-order valence-corrected chi connectivity index (χ2v) is 3.79. The molecule has 0 atom stereocenters. The molecule has 2 heteroatoms. The van der Waals surface area contributed by atoms with Crippen LogP contribution in [-0.4, -0.2) is 19.0 Å². The standard InChI is InChI=1S/C9H16O2.C2H6/c1-8-2-4-9(5-3-8)10-6-7-11-9;1-2/h8H,2-7H2,1H3;1-2H3. The van der Waals surface area contributed by atoms with Crippen LogP contribution in [0.5, 0.6) is 0 Å². The SMILES string of the molecule is CC.CC1CCC2(CC1)OCCO2. The summed E-state index contributed by atoms with van der Waals surface area (Å²) in [4.78, 5) is 0. The highest BCUT2D eigenvalue weighted by Crippen LogP contribution is 2.37. The zero-order valence-corrected chi connectivity index (χ0v) is 9.14. The summed E-state index contributed by atoms with van der Waals surface area (Å²) in [6.45, 7) is 7.91. The maximum atomic E-state index is 5.61. The molecule has 0 aromatic carbocycles. The van der Waals surface area contributed by atoms with Gasteiger partial charge in [-0.1, -0.05) is 20.8 Å². The van der Waals surface area contributed by atoms with Crippen molar-refractivity contribution >= 4 is 0 Å². The van der Waals surface area contributed by atoms with Crippen molar-refractivity contribution in [1.82, 2.24) is 0 Å². The van der Waals surface area contributed by atoms with Crippen molar-refractivity contribution in [1.29, 1.82) is 0 Å². The first kappa shape index (κ1) is 11.0. The molecule has 2 nitrogen and oxygen atoms in total. The summed E-state index contributed by atoms with van der Waals surface area (Å²) in [6.07, 6.45) is 4.74. The molecule has 0 bridgehead atoms. The second kappa shape index (κ2) is 4.97. The highest BCUT2D eigenvalue weighted by atomic mass is 16.7. The van der Waals surface area contributed by atoms with E-state index in [9.17, 15) is 0 Å². The molecule has 78 valence electrons. The Kier molecular flexibility index (Phi) is 4.20. The molecule has 1 spiro atoms. The molecular weight excluding hydrogens is 164 g/mol. The van der Waals surface area contributed by atoms with Crippen molar-refractivity contribution in [2.45, 2.75) is 52.2 Å². The van der Waals surface area contributed by atoms with E-state index in [2.05, 4.69) is 6.92 Å². The van der Waals surface area contributed by atoms with Crippen molar-refractivity contribution < 1.29 is 9.47 Å². The molecule has 2 fully saturated rings. The van der Waals surface area contributed by atoms with E-state index in [1.807, 2.05) is 13.8 Å². The zero-order chi connectivity index (χ0) is 9.73. The first-order chi connectivity index (χ1) is 6.31. The summed E-state index contributed by atoms with van der Waals surface area (Å²) >= 11 is 0. The van der Waals surface area contributed by atoms with Gasteiger partial charge in [-0.15, -0.1) is 0 Å². The maximum absolute atomic E-state index is 5.61. The highest BCUT2D eigenvalue weighted by molar-refractivity contribution is 4.80. The van der Waals surface area contributed by atoms with Crippen molar-refractivity contribution in [2.75, 3.05) is 13.2 Å². The third kappa shape index (κ3) is 2.68. The minimum absolute atomic E-state index is 0.146. The van der Waals surface area contributed by atoms with Gasteiger partial charge in [0.1, 0.15) is 0 Å². The minimum Gasteiger partial charge on any atom is -0.348 e. The molecule has 1 aliphatic carbocycles. The number of hydrogen-bond acceptors (Lipinski definition) is 2. The van der Waals surface area contributed by atoms with E-state index < -0.39 is 0 Å². The Balaban J connectivity index is 0.000000396. The van der Waals surface area contributed by atoms with Crippen LogP contribution in [0, 0.1) is 5.92 Å². The van der Waals surface area contributed by atoms with Crippen molar-refractivity contribution in [3.63, 3.8) is 0 Å². The van der Waals surface area contributed by atoms with E-state index in [1.165, 1.54) is 12.8 Å². The predicted octanol–water partition coefficient (Wildman–Crippen LogP) is 2.97. The lowest BCUT2D eigenvalue weighted by molar-refractivity contribution is -0.181. The van der Waals surface area contributed by atoms with Crippen LogP contribution in [0.15, 0.2) is 0 Å². The van der Waals surface area contributed by atoms with Crippen LogP contribution in [0.1, 0.15) is 46.5 Å². The first-order valence-corrected chi connectivity index (χ1v) is 5.59. The Morgan fingerprint density at radius 3 is 1.92 bits per heavy atom. The Bertz CT molecular complexity index is 129. The molecule has 1 aliphatic heterocycles. The molecule has 0 radical (unpaired) electrons. The molecule has 0 N–H and O–H groups in total. The lowest BCUT2D eigenvalue weighted by Gasteiger charge is -2.33. The molecule has 0 aromatic rings. The third-order valence-corrected chi connectivity index (χ3v) is 2.85. The number of hydrogen-bond donors (Lipinski definition) is 0. The van der Waals surface area contributed by atoms with Crippen LogP contribution in [0.4, 0.5) is 0 Å². The van der Waals surface area contributed by atoms with E-state index >= 15 is 0 Å². The van der Waals surface area contributed by atoms with Crippen LogP contribution < -0.4 is 0 Å². The van der Waals surface area contributed by atoms with Gasteiger partial charge in [0, 0.05) is 12.8 Å². The minimum atomic E-state index is -0.146. The Morgan fingerprint density at radius 2 is 1.46 bits per heavy atom. The normalized spacial score (nSPS) is 27.0. The lowest BCUT2D eigenvalue weighted by Crippen LogP contribution is -2.34. The molecule has 0 aromatic heterocycles. The summed E-state index contributed by atoms with van der Waals surface area (Å²) in [7, 11) is 0. The summed E-state index contributed by atoms with van der Waals surface area (Å²) < 4.78 is 11.2. The Labute approximate surface area is 81.6 Å². The average Bonchev–Trinajstić information content (AvgIpc) is 2.63. The molecule has 0 amide bonds. The summed E-state index contributed by atoms with van der Waals surface area (Å²) in [5.41, 5.74) is 0. The summed E-state index contributed by atoms with van der Waals surface area (Å²) in [6, 6.07) is 0. The zero-order valence-electron chi connectivity index (χ0n) is 9.14. The summed E-state index contributed by atoms with van der Waals surface area (Å²) in [5, 5.41) is 0. The second-order valence-electron chi connectivity index (χ2n) is 3.79. The van der Waals surface area contributed by atoms with Gasteiger partial charge in [0.05, 0.1) is 13.2 Å². The smallest absolute Gasteiger partial charge is 0.168 e. The van der Waals surface area contributed by atoms with Crippen LogP contribution in [0.3, 0.4) is 0 Å². The van der Waals surface area contributed by atoms with Crippen LogP contribution in [0.2, 0.25) is 0 Å². The molecule has 2 aliphatic rings.